The van der Waals surface area contributed by atoms with Gasteiger partial charge >= 0.3 is 0 Å². The van der Waals surface area contributed by atoms with Gasteiger partial charge in [0.05, 0.1) is 5.56 Å². The van der Waals surface area contributed by atoms with Crippen molar-refractivity contribution in [2.24, 2.45) is 0 Å². The Morgan fingerprint density at radius 1 is 1.19 bits per heavy atom. The van der Waals surface area contributed by atoms with Crippen LogP contribution in [0, 0.1) is 0 Å². The first-order chi connectivity index (χ1) is 12.6. The standard InChI is InChI=1S/C19H20N4O3/c1-3-4-17-14(7-10-16(12(2)24)18(17)25)11-26-15-8-5-13(6-9-15)19-20-22-23-21-19/h5-10,25H,3-4,11H2,1-2H3,(H,20,21,22,23). The summed E-state index contributed by atoms with van der Waals surface area (Å²) in [4.78, 5) is 11.6. The molecule has 26 heavy (non-hydrogen) atoms. The normalized spacial score (nSPS) is 10.7. The van der Waals surface area contributed by atoms with Crippen LogP contribution in [0.1, 0.15) is 41.8 Å². The average molecular weight is 352 g/mol. The molecule has 134 valence electrons. The van der Waals surface area contributed by atoms with Crippen molar-refractivity contribution < 1.29 is 14.6 Å². The zero-order valence-corrected chi connectivity index (χ0v) is 14.7. The number of tetrazole rings is 1. The number of ketones is 1. The molecule has 0 fully saturated rings. The Morgan fingerprint density at radius 2 is 1.96 bits per heavy atom. The third-order valence-electron chi connectivity index (χ3n) is 4.11. The van der Waals surface area contributed by atoms with Crippen LogP contribution in [0.25, 0.3) is 11.4 Å². The summed E-state index contributed by atoms with van der Waals surface area (Å²) in [5.74, 6) is 1.12. The van der Waals surface area contributed by atoms with E-state index in [-0.39, 0.29) is 11.5 Å². The number of benzene rings is 2. The number of aromatic nitrogens is 4. The molecule has 3 rings (SSSR count). The van der Waals surface area contributed by atoms with Crippen molar-refractivity contribution in [3.8, 4) is 22.9 Å². The number of rotatable bonds is 7. The maximum atomic E-state index is 11.6. The summed E-state index contributed by atoms with van der Waals surface area (Å²) in [5.41, 5.74) is 2.82. The minimum Gasteiger partial charge on any atom is -0.507 e. The van der Waals surface area contributed by atoms with Crippen molar-refractivity contribution in [1.82, 2.24) is 20.6 Å². The quantitative estimate of drug-likeness (QED) is 0.633. The van der Waals surface area contributed by atoms with Gasteiger partial charge in [0, 0.05) is 11.1 Å². The lowest BCUT2D eigenvalue weighted by atomic mass is 9.97. The summed E-state index contributed by atoms with van der Waals surface area (Å²) in [6.45, 7) is 3.79. The van der Waals surface area contributed by atoms with Crippen molar-refractivity contribution in [2.75, 3.05) is 0 Å². The zero-order chi connectivity index (χ0) is 18.5. The van der Waals surface area contributed by atoms with Gasteiger partial charge in [-0.2, -0.15) is 5.21 Å². The molecule has 3 aromatic rings. The highest BCUT2D eigenvalue weighted by Crippen LogP contribution is 2.29. The van der Waals surface area contributed by atoms with Crippen LogP contribution in [0.15, 0.2) is 36.4 Å². The van der Waals surface area contributed by atoms with Gasteiger partial charge in [-0.05, 0) is 54.5 Å². The molecule has 0 aliphatic rings. The predicted molar refractivity (Wildman–Crippen MR) is 96.1 cm³/mol. The van der Waals surface area contributed by atoms with Gasteiger partial charge < -0.3 is 9.84 Å². The van der Waals surface area contributed by atoms with E-state index in [2.05, 4.69) is 20.6 Å². The monoisotopic (exact) mass is 352 g/mol. The molecule has 0 aliphatic heterocycles. The highest BCUT2D eigenvalue weighted by molar-refractivity contribution is 5.97. The van der Waals surface area contributed by atoms with Crippen molar-refractivity contribution >= 4 is 5.78 Å². The molecule has 1 heterocycles. The molecule has 0 bridgehead atoms. The Labute approximate surface area is 151 Å². The van der Waals surface area contributed by atoms with Gasteiger partial charge in [-0.25, -0.2) is 0 Å². The Kier molecular flexibility index (Phi) is 5.26. The number of carbonyl (C=O) groups excluding carboxylic acids is 1. The van der Waals surface area contributed by atoms with Crippen molar-refractivity contribution in [2.45, 2.75) is 33.3 Å². The van der Waals surface area contributed by atoms with Crippen molar-refractivity contribution in [3.05, 3.63) is 53.1 Å². The fourth-order valence-electron chi connectivity index (χ4n) is 2.77. The number of nitrogens with zero attached hydrogens (tertiary/aromatic N) is 3. The first kappa shape index (κ1) is 17.6. The third kappa shape index (κ3) is 3.72. The van der Waals surface area contributed by atoms with E-state index in [0.29, 0.717) is 30.2 Å². The molecule has 7 heteroatoms. The SMILES string of the molecule is CCCc1c(COc2ccc(-c3nn[nH]n3)cc2)ccc(C(C)=O)c1O. The lowest BCUT2D eigenvalue weighted by Crippen LogP contribution is -2.04. The molecular weight excluding hydrogens is 332 g/mol. The lowest BCUT2D eigenvalue weighted by molar-refractivity contribution is 0.101. The number of hydrogen-bond acceptors (Lipinski definition) is 6. The number of carbonyl (C=O) groups is 1. The topological polar surface area (TPSA) is 101 Å². The Balaban J connectivity index is 1.76. The second kappa shape index (κ2) is 7.77. The summed E-state index contributed by atoms with van der Waals surface area (Å²) in [5, 5.41) is 24.2. The highest BCUT2D eigenvalue weighted by Gasteiger charge is 2.15. The first-order valence-electron chi connectivity index (χ1n) is 8.41. The van der Waals surface area contributed by atoms with E-state index < -0.39 is 0 Å². The van der Waals surface area contributed by atoms with E-state index >= 15 is 0 Å². The summed E-state index contributed by atoms with van der Waals surface area (Å²) in [7, 11) is 0. The number of aromatic amines is 1. The molecule has 0 saturated heterocycles. The van der Waals surface area contributed by atoms with Crippen LogP contribution < -0.4 is 4.74 Å². The summed E-state index contributed by atoms with van der Waals surface area (Å²) in [6, 6.07) is 10.8. The molecule has 0 radical (unpaired) electrons. The second-order valence-corrected chi connectivity index (χ2v) is 5.95. The number of phenolic OH excluding ortho intramolecular Hbond substituents is 1. The summed E-state index contributed by atoms with van der Waals surface area (Å²) >= 11 is 0. The van der Waals surface area contributed by atoms with Crippen LogP contribution in [0.4, 0.5) is 0 Å². The highest BCUT2D eigenvalue weighted by atomic mass is 16.5. The lowest BCUT2D eigenvalue weighted by Gasteiger charge is -2.14. The van der Waals surface area contributed by atoms with Gasteiger partial charge in [-0.3, -0.25) is 4.79 Å². The average Bonchev–Trinajstić information content (AvgIpc) is 3.17. The van der Waals surface area contributed by atoms with E-state index in [4.69, 9.17) is 4.74 Å². The Morgan fingerprint density at radius 3 is 2.58 bits per heavy atom. The van der Waals surface area contributed by atoms with E-state index in [1.165, 1.54) is 6.92 Å². The fourth-order valence-corrected chi connectivity index (χ4v) is 2.77. The fraction of sp³-hybridized carbons (Fsp3) is 0.263. The predicted octanol–water partition coefficient (Wildman–Crippen LogP) is 3.31. The molecule has 1 aromatic heterocycles. The number of aromatic hydroxyl groups is 1. The smallest absolute Gasteiger partial charge is 0.204 e. The number of nitrogens with one attached hydrogen (secondary N) is 1. The largest absolute Gasteiger partial charge is 0.507 e. The summed E-state index contributed by atoms with van der Waals surface area (Å²) < 4.78 is 5.85. The molecule has 0 aliphatic carbocycles. The van der Waals surface area contributed by atoms with Gasteiger partial charge in [0.2, 0.25) is 5.82 Å². The maximum absolute atomic E-state index is 11.6. The van der Waals surface area contributed by atoms with Crippen molar-refractivity contribution in [3.63, 3.8) is 0 Å². The maximum Gasteiger partial charge on any atom is 0.204 e. The Hall–Kier alpha value is -3.22. The molecule has 2 N–H and O–H groups in total. The van der Waals surface area contributed by atoms with Crippen molar-refractivity contribution in [1.29, 1.82) is 0 Å². The summed E-state index contributed by atoms with van der Waals surface area (Å²) in [6.07, 6.45) is 1.55. The Bertz CT molecular complexity index is 890. The molecule has 0 saturated carbocycles. The minimum atomic E-state index is -0.149. The van der Waals surface area contributed by atoms with E-state index in [1.54, 1.807) is 6.07 Å². The molecule has 0 unspecified atom stereocenters. The molecule has 0 amide bonds. The van der Waals surface area contributed by atoms with Crippen LogP contribution in [0.3, 0.4) is 0 Å². The number of phenols is 1. The van der Waals surface area contributed by atoms with E-state index in [1.807, 2.05) is 37.3 Å². The van der Waals surface area contributed by atoms with Gasteiger partial charge in [-0.1, -0.05) is 19.4 Å². The third-order valence-corrected chi connectivity index (χ3v) is 4.11. The van der Waals surface area contributed by atoms with Crippen LogP contribution in [0.2, 0.25) is 0 Å². The van der Waals surface area contributed by atoms with Gasteiger partial charge in [0.25, 0.3) is 0 Å². The molecule has 2 aromatic carbocycles. The number of Topliss-reactive ketones (excluding diaryl/α,β-unsaturated/α-hetero) is 1. The van der Waals surface area contributed by atoms with E-state index in [0.717, 1.165) is 23.1 Å². The minimum absolute atomic E-state index is 0.0629. The molecule has 7 nitrogen and oxygen atoms in total. The van der Waals surface area contributed by atoms with Gasteiger partial charge in [-0.15, -0.1) is 10.2 Å². The first-order valence-corrected chi connectivity index (χ1v) is 8.41. The second-order valence-electron chi connectivity index (χ2n) is 5.95. The van der Waals surface area contributed by atoms with Crippen LogP contribution in [-0.4, -0.2) is 31.5 Å². The molecule has 0 spiro atoms. The number of hydrogen-bond donors (Lipinski definition) is 2. The number of H-pyrrole nitrogens is 1. The zero-order valence-electron chi connectivity index (χ0n) is 14.7. The molecule has 0 atom stereocenters. The van der Waals surface area contributed by atoms with Crippen LogP contribution in [0.5, 0.6) is 11.5 Å². The van der Waals surface area contributed by atoms with Crippen LogP contribution in [-0.2, 0) is 13.0 Å². The van der Waals surface area contributed by atoms with E-state index in [9.17, 15) is 9.90 Å². The van der Waals surface area contributed by atoms with Crippen LogP contribution >= 0.6 is 0 Å². The molecular formula is C19H20N4O3. The van der Waals surface area contributed by atoms with Gasteiger partial charge in [0.1, 0.15) is 18.1 Å². The van der Waals surface area contributed by atoms with Gasteiger partial charge in [0.15, 0.2) is 5.78 Å². The number of ether oxygens (including phenoxy) is 1.